The highest BCUT2D eigenvalue weighted by molar-refractivity contribution is 7.99. The number of thioether (sulfide) groups is 1. The zero-order valence-corrected chi connectivity index (χ0v) is 14.7. The van der Waals surface area contributed by atoms with Crippen LogP contribution in [0, 0.1) is 6.92 Å². The molecule has 0 radical (unpaired) electrons. The summed E-state index contributed by atoms with van der Waals surface area (Å²) in [6, 6.07) is 18.7. The number of aromatic nitrogens is 3. The number of aryl methyl sites for hydroxylation is 1. The fourth-order valence-corrected chi connectivity index (χ4v) is 4.03. The third-order valence-corrected chi connectivity index (χ3v) is 5.25. The molecule has 0 spiro atoms. The number of hydrogen-bond donors (Lipinski definition) is 1. The van der Waals surface area contributed by atoms with Gasteiger partial charge in [0.1, 0.15) is 0 Å². The first-order valence-corrected chi connectivity index (χ1v) is 9.01. The normalized spacial score (nSPS) is 12.2. The van der Waals surface area contributed by atoms with E-state index in [2.05, 4.69) is 54.4 Å². The maximum absolute atomic E-state index is 12.0. The predicted molar refractivity (Wildman–Crippen MR) is 98.5 cm³/mol. The van der Waals surface area contributed by atoms with Crippen molar-refractivity contribution in [1.29, 1.82) is 0 Å². The molecule has 0 aliphatic carbocycles. The summed E-state index contributed by atoms with van der Waals surface area (Å²) < 4.78 is 1.72. The van der Waals surface area contributed by atoms with Gasteiger partial charge in [0.2, 0.25) is 0 Å². The zero-order chi connectivity index (χ0) is 16.9. The second-order valence-electron chi connectivity index (χ2n) is 5.73. The summed E-state index contributed by atoms with van der Waals surface area (Å²) in [5.74, 6) is 0. The van der Waals surface area contributed by atoms with Crippen molar-refractivity contribution in [3.8, 4) is 0 Å². The maximum atomic E-state index is 12.0. The summed E-state index contributed by atoms with van der Waals surface area (Å²) in [4.78, 5) is 12.0. The molecule has 124 valence electrons. The van der Waals surface area contributed by atoms with E-state index in [1.54, 1.807) is 16.3 Å². The molecule has 0 aliphatic rings. The number of nitrogens with one attached hydrogen (secondary N) is 1. The summed E-state index contributed by atoms with van der Waals surface area (Å²) in [5, 5.41) is 7.66. The molecular formula is C19H21N3OS. The first-order chi connectivity index (χ1) is 11.7. The van der Waals surface area contributed by atoms with E-state index in [4.69, 9.17) is 0 Å². The van der Waals surface area contributed by atoms with Crippen molar-refractivity contribution < 1.29 is 0 Å². The van der Waals surface area contributed by atoms with Crippen LogP contribution in [-0.4, -0.2) is 14.8 Å². The molecule has 4 nitrogen and oxygen atoms in total. The molecular weight excluding hydrogens is 318 g/mol. The van der Waals surface area contributed by atoms with Crippen molar-refractivity contribution in [3.05, 3.63) is 81.8 Å². The molecule has 5 heteroatoms. The molecule has 1 aromatic heterocycles. The minimum atomic E-state index is -0.143. The first kappa shape index (κ1) is 16.6. The van der Waals surface area contributed by atoms with Crippen LogP contribution < -0.4 is 5.69 Å². The van der Waals surface area contributed by atoms with Crippen LogP contribution in [0.5, 0.6) is 0 Å². The van der Waals surface area contributed by atoms with E-state index in [0.29, 0.717) is 6.54 Å². The molecule has 0 saturated carbocycles. The van der Waals surface area contributed by atoms with Crippen LogP contribution in [-0.2, 0) is 6.54 Å². The summed E-state index contributed by atoms with van der Waals surface area (Å²) in [6.07, 6.45) is 0.896. The average molecular weight is 339 g/mol. The second-order valence-corrected chi connectivity index (χ2v) is 6.80. The van der Waals surface area contributed by atoms with E-state index in [1.807, 2.05) is 24.3 Å². The Morgan fingerprint density at radius 2 is 1.83 bits per heavy atom. The number of nitrogens with zero attached hydrogens (tertiary/aromatic N) is 2. The number of hydrogen-bond acceptors (Lipinski definition) is 3. The lowest BCUT2D eigenvalue weighted by Gasteiger charge is -2.19. The van der Waals surface area contributed by atoms with Gasteiger partial charge in [-0.1, -0.05) is 73.3 Å². The van der Waals surface area contributed by atoms with Gasteiger partial charge in [0.05, 0.1) is 5.25 Å². The van der Waals surface area contributed by atoms with Crippen LogP contribution >= 0.6 is 11.8 Å². The minimum Gasteiger partial charge on any atom is -0.270 e. The quantitative estimate of drug-likeness (QED) is 0.686. The number of H-pyrrole nitrogens is 1. The molecule has 0 saturated heterocycles. The van der Waals surface area contributed by atoms with E-state index >= 15 is 0 Å². The Hall–Kier alpha value is -2.27. The third kappa shape index (κ3) is 3.46. The second kappa shape index (κ2) is 7.53. The van der Waals surface area contributed by atoms with Gasteiger partial charge in [-0.15, -0.1) is 5.10 Å². The number of benzene rings is 2. The first-order valence-electron chi connectivity index (χ1n) is 8.13. The Morgan fingerprint density at radius 1 is 1.12 bits per heavy atom. The summed E-state index contributed by atoms with van der Waals surface area (Å²) >= 11 is 1.62. The molecule has 1 atom stereocenters. The maximum Gasteiger partial charge on any atom is 0.343 e. The van der Waals surface area contributed by atoms with Gasteiger partial charge >= 0.3 is 5.69 Å². The van der Waals surface area contributed by atoms with Crippen molar-refractivity contribution in [1.82, 2.24) is 14.8 Å². The van der Waals surface area contributed by atoms with Crippen molar-refractivity contribution in [2.45, 2.75) is 37.2 Å². The van der Waals surface area contributed by atoms with E-state index in [1.165, 1.54) is 16.7 Å². The standard InChI is InChI=1S/C19H21N3OS/c1-3-13-22-18(23)20-21-19(22)24-17(15-10-5-4-6-11-15)16-12-8-7-9-14(16)2/h4-12,17H,3,13H2,1-2H3,(H,20,23)/t17-/m0/s1. The van der Waals surface area contributed by atoms with Crippen molar-refractivity contribution in [2.75, 3.05) is 0 Å². The van der Waals surface area contributed by atoms with Gasteiger partial charge in [0.25, 0.3) is 0 Å². The van der Waals surface area contributed by atoms with E-state index in [9.17, 15) is 4.79 Å². The van der Waals surface area contributed by atoms with Gasteiger partial charge in [-0.2, -0.15) is 0 Å². The molecule has 1 N–H and O–H groups in total. The third-order valence-electron chi connectivity index (χ3n) is 3.97. The van der Waals surface area contributed by atoms with Crippen LogP contribution in [0.4, 0.5) is 0 Å². The Morgan fingerprint density at radius 3 is 2.54 bits per heavy atom. The Bertz CT molecular complexity index is 854. The highest BCUT2D eigenvalue weighted by Crippen LogP contribution is 2.40. The van der Waals surface area contributed by atoms with Crippen molar-refractivity contribution in [2.24, 2.45) is 0 Å². The number of rotatable bonds is 6. The molecule has 1 heterocycles. The van der Waals surface area contributed by atoms with E-state index in [-0.39, 0.29) is 10.9 Å². The molecule has 2 aromatic carbocycles. The molecule has 24 heavy (non-hydrogen) atoms. The van der Waals surface area contributed by atoms with E-state index in [0.717, 1.165) is 11.6 Å². The van der Waals surface area contributed by atoms with E-state index < -0.39 is 0 Å². The van der Waals surface area contributed by atoms with Gasteiger partial charge in [0.15, 0.2) is 5.16 Å². The minimum absolute atomic E-state index is 0.0956. The van der Waals surface area contributed by atoms with Gasteiger partial charge < -0.3 is 0 Å². The lowest BCUT2D eigenvalue weighted by molar-refractivity contribution is 0.603. The molecule has 0 unspecified atom stereocenters. The summed E-state index contributed by atoms with van der Waals surface area (Å²) in [7, 11) is 0. The fourth-order valence-electron chi connectivity index (χ4n) is 2.74. The Kier molecular flexibility index (Phi) is 5.20. The van der Waals surface area contributed by atoms with Gasteiger partial charge in [-0.3, -0.25) is 4.57 Å². The molecule has 0 aliphatic heterocycles. The smallest absolute Gasteiger partial charge is 0.270 e. The molecule has 0 amide bonds. The monoisotopic (exact) mass is 339 g/mol. The van der Waals surface area contributed by atoms with Crippen molar-refractivity contribution in [3.63, 3.8) is 0 Å². The van der Waals surface area contributed by atoms with Gasteiger partial charge in [0, 0.05) is 6.54 Å². The van der Waals surface area contributed by atoms with Crippen LogP contribution in [0.3, 0.4) is 0 Å². The number of aromatic amines is 1. The zero-order valence-electron chi connectivity index (χ0n) is 13.9. The Balaban J connectivity index is 2.04. The topological polar surface area (TPSA) is 50.7 Å². The fraction of sp³-hybridized carbons (Fsp3) is 0.263. The molecule has 0 fully saturated rings. The lowest BCUT2D eigenvalue weighted by Crippen LogP contribution is -2.17. The van der Waals surface area contributed by atoms with Gasteiger partial charge in [-0.25, -0.2) is 9.89 Å². The average Bonchev–Trinajstić information content (AvgIpc) is 2.95. The van der Waals surface area contributed by atoms with Crippen LogP contribution in [0.15, 0.2) is 64.5 Å². The molecule has 0 bridgehead atoms. The highest BCUT2D eigenvalue weighted by Gasteiger charge is 2.21. The lowest BCUT2D eigenvalue weighted by atomic mass is 10.0. The molecule has 3 rings (SSSR count). The molecule has 3 aromatic rings. The van der Waals surface area contributed by atoms with Gasteiger partial charge in [-0.05, 0) is 30.0 Å². The predicted octanol–water partition coefficient (Wildman–Crippen LogP) is 4.17. The van der Waals surface area contributed by atoms with Crippen LogP contribution in [0.2, 0.25) is 0 Å². The van der Waals surface area contributed by atoms with Crippen molar-refractivity contribution >= 4 is 11.8 Å². The summed E-state index contributed by atoms with van der Waals surface area (Å²) in [6.45, 7) is 4.85. The SMILES string of the molecule is CCCn1c(S[C@@H](c2ccccc2)c2ccccc2C)n[nH]c1=O. The highest BCUT2D eigenvalue weighted by atomic mass is 32.2. The Labute approximate surface area is 145 Å². The van der Waals surface area contributed by atoms with Crippen LogP contribution in [0.1, 0.15) is 35.3 Å². The summed E-state index contributed by atoms with van der Waals surface area (Å²) in [5.41, 5.74) is 3.54. The largest absolute Gasteiger partial charge is 0.343 e. The van der Waals surface area contributed by atoms with Crippen LogP contribution in [0.25, 0.3) is 0 Å².